The molecule has 0 aromatic heterocycles. The van der Waals surface area contributed by atoms with Crippen molar-refractivity contribution in [1.29, 1.82) is 0 Å². The number of Topliss-reactive ketones (excluding diaryl/α,β-unsaturated/α-hetero) is 1. The monoisotopic (exact) mass is 238 g/mol. The van der Waals surface area contributed by atoms with Gasteiger partial charge in [0.25, 0.3) is 0 Å². The van der Waals surface area contributed by atoms with Gasteiger partial charge in [-0.15, -0.1) is 0 Å². The molecule has 0 spiro atoms. The van der Waals surface area contributed by atoms with Gasteiger partial charge in [0.15, 0.2) is 0 Å². The molecule has 1 heteroatoms. The second-order valence-electron chi connectivity index (χ2n) is 5.60. The largest absolute Gasteiger partial charge is 0.299 e. The van der Waals surface area contributed by atoms with Crippen LogP contribution in [0.15, 0.2) is 30.3 Å². The first-order valence-corrected chi connectivity index (χ1v) is 6.70. The van der Waals surface area contributed by atoms with Gasteiger partial charge in [0.2, 0.25) is 0 Å². The van der Waals surface area contributed by atoms with Gasteiger partial charge in [0, 0.05) is 12.8 Å². The summed E-state index contributed by atoms with van der Waals surface area (Å²) in [5.74, 6) is 0.925. The fraction of sp³-hybridized carbons (Fsp3) is 0.353. The number of fused-ring (bicyclic) bond motifs is 2. The highest BCUT2D eigenvalue weighted by Crippen LogP contribution is 2.27. The lowest BCUT2D eigenvalue weighted by Crippen LogP contribution is -2.13. The molecule has 0 heterocycles. The summed E-state index contributed by atoms with van der Waals surface area (Å²) in [6, 6.07) is 11.2. The molecule has 0 aliphatic heterocycles. The average molecular weight is 238 g/mol. The Morgan fingerprint density at radius 2 is 1.72 bits per heavy atom. The first-order chi connectivity index (χ1) is 8.63. The summed E-state index contributed by atoms with van der Waals surface area (Å²) in [4.78, 5) is 11.5. The van der Waals surface area contributed by atoms with Crippen LogP contribution < -0.4 is 0 Å². The Bertz CT molecular complexity index is 623. The van der Waals surface area contributed by atoms with Crippen molar-refractivity contribution in [1.82, 2.24) is 0 Å². The minimum atomic E-state index is 0.377. The Kier molecular flexibility index (Phi) is 2.70. The van der Waals surface area contributed by atoms with Crippen molar-refractivity contribution < 1.29 is 4.79 Å². The zero-order chi connectivity index (χ0) is 12.7. The molecule has 0 N–H and O–H groups in total. The number of carbonyl (C=O) groups is 1. The Morgan fingerprint density at radius 3 is 2.50 bits per heavy atom. The Balaban J connectivity index is 2.16. The molecule has 0 atom stereocenters. The van der Waals surface area contributed by atoms with Crippen LogP contribution in [-0.2, 0) is 17.6 Å². The van der Waals surface area contributed by atoms with E-state index in [0.717, 1.165) is 6.42 Å². The lowest BCUT2D eigenvalue weighted by Gasteiger charge is -2.16. The van der Waals surface area contributed by atoms with E-state index in [0.29, 0.717) is 24.5 Å². The smallest absolute Gasteiger partial charge is 0.137 e. The van der Waals surface area contributed by atoms with Gasteiger partial charge in [-0.05, 0) is 39.8 Å². The van der Waals surface area contributed by atoms with E-state index in [4.69, 9.17) is 0 Å². The molecule has 0 saturated heterocycles. The minimum Gasteiger partial charge on any atom is -0.299 e. The first kappa shape index (κ1) is 11.5. The van der Waals surface area contributed by atoms with Crippen molar-refractivity contribution in [2.24, 2.45) is 0 Å². The van der Waals surface area contributed by atoms with Crippen LogP contribution in [0, 0.1) is 0 Å². The molecule has 0 amide bonds. The highest BCUT2D eigenvalue weighted by molar-refractivity contribution is 5.89. The topological polar surface area (TPSA) is 17.1 Å². The van der Waals surface area contributed by atoms with E-state index in [9.17, 15) is 4.79 Å². The lowest BCUT2D eigenvalue weighted by atomic mass is 9.88. The van der Waals surface area contributed by atoms with Gasteiger partial charge in [-0.1, -0.05) is 44.2 Å². The molecule has 0 saturated carbocycles. The molecule has 3 rings (SSSR count). The number of rotatable bonds is 1. The maximum Gasteiger partial charge on any atom is 0.137 e. The SMILES string of the molecule is CC(C)c1ccc2cc3c(cc2c1)CC(=O)CC3. The number of carbonyl (C=O) groups excluding carboxylic acids is 1. The molecular weight excluding hydrogens is 220 g/mol. The van der Waals surface area contributed by atoms with E-state index in [1.807, 2.05) is 0 Å². The van der Waals surface area contributed by atoms with Crippen LogP contribution in [0.5, 0.6) is 0 Å². The van der Waals surface area contributed by atoms with Crippen LogP contribution in [0.4, 0.5) is 0 Å². The molecule has 2 aromatic rings. The maximum atomic E-state index is 11.5. The standard InChI is InChI=1S/C17H18O/c1-11(2)12-3-4-13-8-14-5-6-17(18)10-16(14)9-15(13)7-12/h3-4,7-9,11H,5-6,10H2,1-2H3. The van der Waals surface area contributed by atoms with E-state index >= 15 is 0 Å². The van der Waals surface area contributed by atoms with Gasteiger partial charge in [-0.25, -0.2) is 0 Å². The Labute approximate surface area is 108 Å². The summed E-state index contributed by atoms with van der Waals surface area (Å²) in [6.07, 6.45) is 2.25. The molecule has 0 radical (unpaired) electrons. The fourth-order valence-electron chi connectivity index (χ4n) is 2.74. The second kappa shape index (κ2) is 4.24. The number of hydrogen-bond donors (Lipinski definition) is 0. The summed E-state index contributed by atoms with van der Waals surface area (Å²) in [5.41, 5.74) is 3.96. The number of benzene rings is 2. The molecule has 92 valence electrons. The van der Waals surface area contributed by atoms with Gasteiger partial charge in [-0.2, -0.15) is 0 Å². The summed E-state index contributed by atoms with van der Waals surface area (Å²) >= 11 is 0. The molecule has 0 bridgehead atoms. The summed E-state index contributed by atoms with van der Waals surface area (Å²) in [7, 11) is 0. The van der Waals surface area contributed by atoms with E-state index < -0.39 is 0 Å². The summed E-state index contributed by atoms with van der Waals surface area (Å²) in [5, 5.41) is 2.57. The lowest BCUT2D eigenvalue weighted by molar-refractivity contribution is -0.118. The summed E-state index contributed by atoms with van der Waals surface area (Å²) in [6.45, 7) is 4.42. The average Bonchev–Trinajstić information content (AvgIpc) is 2.35. The van der Waals surface area contributed by atoms with Crippen LogP contribution in [-0.4, -0.2) is 5.78 Å². The molecule has 0 unspecified atom stereocenters. The number of aryl methyl sites for hydroxylation is 1. The van der Waals surface area contributed by atoms with Crippen molar-refractivity contribution in [3.8, 4) is 0 Å². The maximum absolute atomic E-state index is 11.5. The molecule has 0 fully saturated rings. The third-order valence-corrected chi connectivity index (χ3v) is 3.91. The zero-order valence-corrected chi connectivity index (χ0v) is 11.0. The second-order valence-corrected chi connectivity index (χ2v) is 5.60. The van der Waals surface area contributed by atoms with E-state index in [2.05, 4.69) is 44.2 Å². The van der Waals surface area contributed by atoms with Gasteiger partial charge < -0.3 is 0 Å². The minimum absolute atomic E-state index is 0.377. The fourth-order valence-corrected chi connectivity index (χ4v) is 2.74. The van der Waals surface area contributed by atoms with Crippen LogP contribution in [0.2, 0.25) is 0 Å². The van der Waals surface area contributed by atoms with Gasteiger partial charge in [0.05, 0.1) is 0 Å². The Hall–Kier alpha value is -1.63. The quantitative estimate of drug-likeness (QED) is 0.733. The molecule has 1 aliphatic carbocycles. The predicted octanol–water partition coefficient (Wildman–Crippen LogP) is 4.02. The number of hydrogen-bond acceptors (Lipinski definition) is 1. The van der Waals surface area contributed by atoms with Crippen LogP contribution >= 0.6 is 0 Å². The normalized spacial score (nSPS) is 15.2. The molecular formula is C17H18O. The third-order valence-electron chi connectivity index (χ3n) is 3.91. The van der Waals surface area contributed by atoms with Crippen molar-refractivity contribution in [2.45, 2.75) is 39.0 Å². The van der Waals surface area contributed by atoms with Crippen LogP contribution in [0.3, 0.4) is 0 Å². The molecule has 1 nitrogen and oxygen atoms in total. The molecule has 1 aliphatic rings. The zero-order valence-electron chi connectivity index (χ0n) is 11.0. The third kappa shape index (κ3) is 1.94. The highest BCUT2D eigenvalue weighted by atomic mass is 16.1. The van der Waals surface area contributed by atoms with Crippen LogP contribution in [0.1, 0.15) is 42.9 Å². The molecule has 2 aromatic carbocycles. The van der Waals surface area contributed by atoms with E-state index in [-0.39, 0.29) is 0 Å². The summed E-state index contributed by atoms with van der Waals surface area (Å²) < 4.78 is 0. The van der Waals surface area contributed by atoms with Crippen molar-refractivity contribution in [3.05, 3.63) is 47.0 Å². The van der Waals surface area contributed by atoms with Gasteiger partial charge in [0.1, 0.15) is 5.78 Å². The predicted molar refractivity (Wildman–Crippen MR) is 75.1 cm³/mol. The van der Waals surface area contributed by atoms with Crippen molar-refractivity contribution >= 4 is 16.6 Å². The highest BCUT2D eigenvalue weighted by Gasteiger charge is 2.16. The van der Waals surface area contributed by atoms with Crippen molar-refractivity contribution in [2.75, 3.05) is 0 Å². The van der Waals surface area contributed by atoms with Crippen LogP contribution in [0.25, 0.3) is 10.8 Å². The van der Waals surface area contributed by atoms with E-state index in [1.165, 1.54) is 27.5 Å². The van der Waals surface area contributed by atoms with Crippen molar-refractivity contribution in [3.63, 3.8) is 0 Å². The first-order valence-electron chi connectivity index (χ1n) is 6.70. The Morgan fingerprint density at radius 1 is 0.944 bits per heavy atom. The molecule has 18 heavy (non-hydrogen) atoms. The van der Waals surface area contributed by atoms with Gasteiger partial charge in [-0.3, -0.25) is 4.79 Å². The van der Waals surface area contributed by atoms with E-state index in [1.54, 1.807) is 0 Å². The number of ketones is 1. The van der Waals surface area contributed by atoms with Gasteiger partial charge >= 0.3 is 0 Å².